The zero-order chi connectivity index (χ0) is 87.5. The molecule has 12 heterocycles. The molecule has 14 aromatic rings. The SMILES string of the molecule is CNc1cc2nc3c(cnn13)C(=O)N[C@H](C)COCc1cc(c3cn(C)nc3c1)N2.C[C@@H](N)COCc1cc(N)c2cn(C)nc2c1.C[C@@H]1COCc2cc(c3cn(C)nc3c2)Nc2cc(N(C)C(=O)OC(C)(C)C)n3ncc(c3n2)C(=O)N1.C[C@H](COCc1cc(N)c2cn(C)nc2c1)NC(=O)c1cnn2c(N(C)C(=O)OC(C)(C)C)cc(Cl)nc12. The van der Waals surface area contributed by atoms with Gasteiger partial charge in [0.25, 0.3) is 17.7 Å². The molecule has 39 nitrogen and oxygen atoms in total. The number of nitrogens with two attached hydrogens (primary N) is 3. The van der Waals surface area contributed by atoms with Gasteiger partial charge in [-0.1, -0.05) is 11.6 Å². The molecule has 122 heavy (non-hydrogen) atoms. The Balaban J connectivity index is 0.000000145. The van der Waals surface area contributed by atoms with Gasteiger partial charge in [-0.2, -0.15) is 49.2 Å². The van der Waals surface area contributed by atoms with E-state index in [1.54, 1.807) is 84.9 Å². The van der Waals surface area contributed by atoms with Gasteiger partial charge in [-0.3, -0.25) is 42.9 Å². The van der Waals surface area contributed by atoms with Crippen LogP contribution in [0.5, 0.6) is 0 Å². The summed E-state index contributed by atoms with van der Waals surface area (Å²) in [5.74, 6) is 1.41. The number of fused-ring (bicyclic) bond motifs is 13. The van der Waals surface area contributed by atoms with Crippen molar-refractivity contribution in [3.63, 3.8) is 0 Å². The lowest BCUT2D eigenvalue weighted by Crippen LogP contribution is -2.36. The lowest BCUT2D eigenvalue weighted by atomic mass is 10.1. The normalized spacial score (nSPS) is 14.9. The van der Waals surface area contributed by atoms with Crippen molar-refractivity contribution in [3.8, 4) is 0 Å². The first kappa shape index (κ1) is 86.5. The molecule has 0 fully saturated rings. The summed E-state index contributed by atoms with van der Waals surface area (Å²) in [7, 11) is 12.4. The van der Waals surface area contributed by atoms with E-state index in [2.05, 4.69) is 77.6 Å². The van der Waals surface area contributed by atoms with Gasteiger partial charge in [-0.05, 0) is 140 Å². The largest absolute Gasteiger partial charge is 0.443 e. The van der Waals surface area contributed by atoms with Gasteiger partial charge < -0.3 is 77.5 Å². The maximum absolute atomic E-state index is 13.1. The second-order valence-electron chi connectivity index (χ2n) is 32.2. The number of carbonyl (C=O) groups excluding carboxylic acids is 5. The third-order valence-corrected chi connectivity index (χ3v) is 19.0. The molecule has 40 heteroatoms. The summed E-state index contributed by atoms with van der Waals surface area (Å²) in [4.78, 5) is 80.7. The highest BCUT2D eigenvalue weighted by Crippen LogP contribution is 2.34. The fourth-order valence-electron chi connectivity index (χ4n) is 13.5. The average molecular weight is 1690 g/mol. The predicted molar refractivity (Wildman–Crippen MR) is 464 cm³/mol. The van der Waals surface area contributed by atoms with Gasteiger partial charge in [-0.15, -0.1) is 0 Å². The van der Waals surface area contributed by atoms with Crippen molar-refractivity contribution in [1.82, 2.24) is 98.9 Å². The van der Waals surface area contributed by atoms with E-state index in [0.29, 0.717) is 92.2 Å². The van der Waals surface area contributed by atoms with E-state index in [4.69, 9.17) is 62.2 Å². The number of aryl methyl sites for hydroxylation is 4. The summed E-state index contributed by atoms with van der Waals surface area (Å²) >= 11 is 6.22. The first-order valence-electron chi connectivity index (χ1n) is 39.2. The Labute approximate surface area is 705 Å². The van der Waals surface area contributed by atoms with Gasteiger partial charge in [0, 0.05) is 149 Å². The van der Waals surface area contributed by atoms with Crippen molar-refractivity contribution in [2.45, 2.75) is 131 Å². The van der Waals surface area contributed by atoms with Crippen molar-refractivity contribution < 1.29 is 52.4 Å². The van der Waals surface area contributed by atoms with Crippen LogP contribution in [0.15, 0.2) is 110 Å². The molecule has 0 saturated heterocycles. The first-order chi connectivity index (χ1) is 57.9. The zero-order valence-electron chi connectivity index (χ0n) is 71.0. The second-order valence-corrected chi connectivity index (χ2v) is 32.6. The van der Waals surface area contributed by atoms with Crippen LogP contribution in [-0.4, -0.2) is 196 Å². The van der Waals surface area contributed by atoms with Crippen LogP contribution < -0.4 is 58.9 Å². The van der Waals surface area contributed by atoms with Gasteiger partial charge in [-0.25, -0.2) is 24.5 Å². The Kier molecular flexibility index (Phi) is 25.5. The lowest BCUT2D eigenvalue weighted by Gasteiger charge is -2.25. The number of nitrogens with zero attached hydrogens (tertiary/aromatic N) is 19. The minimum atomic E-state index is -0.688. The van der Waals surface area contributed by atoms with E-state index in [9.17, 15) is 24.0 Å². The summed E-state index contributed by atoms with van der Waals surface area (Å²) in [6, 6.07) is 20.0. The Morgan fingerprint density at radius 2 is 1.00 bits per heavy atom. The number of anilines is 9. The number of ether oxygens (including phenoxy) is 6. The van der Waals surface area contributed by atoms with E-state index in [1.165, 1.54) is 50.5 Å². The Morgan fingerprint density at radius 3 is 1.48 bits per heavy atom. The molecule has 8 bridgehead atoms. The zero-order valence-corrected chi connectivity index (χ0v) is 71.7. The summed E-state index contributed by atoms with van der Waals surface area (Å²) in [6.45, 7) is 21.3. The van der Waals surface area contributed by atoms with Crippen LogP contribution in [0.25, 0.3) is 60.6 Å². The van der Waals surface area contributed by atoms with Crippen LogP contribution in [-0.2, 0) is 83.0 Å². The average Bonchev–Trinajstić information content (AvgIpc) is 1.58. The van der Waals surface area contributed by atoms with E-state index in [-0.39, 0.29) is 70.2 Å². The molecular weight excluding hydrogens is 1590 g/mol. The van der Waals surface area contributed by atoms with Gasteiger partial charge in [0.2, 0.25) is 0 Å². The van der Waals surface area contributed by atoms with Crippen LogP contribution in [0.4, 0.5) is 61.4 Å². The Morgan fingerprint density at radius 1 is 0.574 bits per heavy atom. The molecule has 4 aromatic carbocycles. The molecule has 0 spiro atoms. The predicted octanol–water partition coefficient (Wildman–Crippen LogP) is 10.0. The Bertz CT molecular complexity index is 6260. The van der Waals surface area contributed by atoms with Crippen LogP contribution in [0.2, 0.25) is 5.15 Å². The minimum absolute atomic E-state index is 0.0472. The van der Waals surface area contributed by atoms with Crippen molar-refractivity contribution >= 4 is 154 Å². The molecule has 0 saturated carbocycles. The molecule has 0 unspecified atom stereocenters. The fraction of sp³-hybridized carbons (Fsp3) is 0.378. The summed E-state index contributed by atoms with van der Waals surface area (Å²) in [5, 5.41) is 53.3. The third-order valence-electron chi connectivity index (χ3n) is 18.8. The van der Waals surface area contributed by atoms with E-state index < -0.39 is 29.3 Å². The number of benzene rings is 4. The molecule has 4 atom stereocenters. The summed E-state index contributed by atoms with van der Waals surface area (Å²) in [5.41, 5.74) is 28.3. The lowest BCUT2D eigenvalue weighted by molar-refractivity contribution is 0.0577. The van der Waals surface area contributed by atoms with Crippen molar-refractivity contribution in [1.29, 1.82) is 0 Å². The second kappa shape index (κ2) is 35.9. The van der Waals surface area contributed by atoms with Crippen molar-refractivity contribution in [2.75, 3.05) is 84.8 Å². The number of aromatic nitrogens is 17. The number of nitrogen functional groups attached to an aromatic ring is 2. The molecule has 2 aliphatic rings. The summed E-state index contributed by atoms with van der Waals surface area (Å²) < 4.78 is 45.4. The van der Waals surface area contributed by atoms with Crippen LogP contribution >= 0.6 is 11.6 Å². The van der Waals surface area contributed by atoms with Crippen LogP contribution in [0.1, 0.15) is 123 Å². The number of amides is 5. The minimum Gasteiger partial charge on any atom is -0.443 e. The highest BCUT2D eigenvalue weighted by atomic mass is 35.5. The van der Waals surface area contributed by atoms with Gasteiger partial charge in [0.15, 0.2) is 16.9 Å². The van der Waals surface area contributed by atoms with Crippen molar-refractivity contribution in [2.24, 2.45) is 33.9 Å². The molecular formula is C82H101ClN28O11. The van der Waals surface area contributed by atoms with E-state index in [0.717, 1.165) is 82.9 Å². The van der Waals surface area contributed by atoms with Crippen molar-refractivity contribution in [3.05, 3.63) is 154 Å². The van der Waals surface area contributed by atoms with E-state index in [1.807, 2.05) is 135 Å². The van der Waals surface area contributed by atoms with Gasteiger partial charge in [0.05, 0.1) is 105 Å². The number of rotatable bonds is 13. The highest BCUT2D eigenvalue weighted by Gasteiger charge is 2.30. The smallest absolute Gasteiger partial charge is 0.415 e. The van der Waals surface area contributed by atoms with Gasteiger partial charge >= 0.3 is 12.2 Å². The molecule has 2 aliphatic heterocycles. The maximum atomic E-state index is 13.1. The number of nitrogens with one attached hydrogen (secondary N) is 6. The summed E-state index contributed by atoms with van der Waals surface area (Å²) in [6.07, 6.45) is 10.8. The molecule has 642 valence electrons. The molecule has 0 radical (unpaired) electrons. The first-order valence-corrected chi connectivity index (χ1v) is 39.6. The maximum Gasteiger partial charge on any atom is 0.415 e. The van der Waals surface area contributed by atoms with Crippen LogP contribution in [0, 0.1) is 0 Å². The monoisotopic (exact) mass is 1690 g/mol. The third kappa shape index (κ3) is 20.4. The molecule has 5 amide bonds. The molecule has 16 rings (SSSR count). The number of halogens is 1. The number of hydrogen-bond acceptors (Lipinski definition) is 27. The highest BCUT2D eigenvalue weighted by molar-refractivity contribution is 6.30. The molecule has 10 aromatic heterocycles. The quantitative estimate of drug-likeness (QED) is 0.0382. The number of carbonyl (C=O) groups is 5. The standard InChI is InChI=1S/C25H31ClN8O4.C25H30N8O4.C20H22N8O2.C12H18N4O/c1-14(12-37-13-15-7-18(27)17-11-32(5)31-19(17)8-15)29-23(35)16-10-28-34-21(9-20(26)30-22(16)34)33(6)24(36)38-25(2,3)4;1-14-12-36-13-15-7-18(17-11-31(5)30-19(17)8-15)28-20-9-21(32(6)24(35)37-25(2,3)4)33-22(29-20)16(10-26-33)23(34)27-14;1-11-9-30-10-12-4-15(14-8-27(3)26-16(14)5-12)24-17-6-18(21-2)28-19(25-17)13(7-22-28)20(29)23-11;1-8(13)6-17-7-9-3-11(14)10-5-16(2)15-12(10)4-9/h7-11,14H,12-13,27H2,1-6H3,(H,29,35);7-11,14H,12-13H2,1-6H3,(H,27,34)(H,28,29);4-8,11,21H,9-10H2,1-3H3,(H,23,29)(H,24,25);3-5,8H,6-7,13-14H2,1-2H3/t2*14-;11-;8-/m1111/s1. The number of hydrogen-bond donors (Lipinski definition) is 9. The van der Waals surface area contributed by atoms with Crippen LogP contribution in [0.3, 0.4) is 0 Å². The Hall–Kier alpha value is -13.3. The fourth-order valence-corrected chi connectivity index (χ4v) is 13.6. The molecule has 12 N–H and O–H groups in total. The topological polar surface area (TPSA) is 459 Å². The van der Waals surface area contributed by atoms with E-state index >= 15 is 0 Å². The molecule has 0 aliphatic carbocycles. The van der Waals surface area contributed by atoms with Gasteiger partial charge in [0.1, 0.15) is 62.1 Å².